The molecule has 1 nitrogen and oxygen atoms in total. The lowest BCUT2D eigenvalue weighted by Gasteiger charge is -2.26. The Labute approximate surface area is 93.8 Å². The third-order valence-corrected chi connectivity index (χ3v) is 3.53. The van der Waals surface area contributed by atoms with Gasteiger partial charge in [-0.15, -0.1) is 0 Å². The van der Waals surface area contributed by atoms with Gasteiger partial charge in [0.15, 0.2) is 0 Å². The number of fused-ring (bicyclic) bond motifs is 3. The Morgan fingerprint density at radius 3 is 3.00 bits per heavy atom. The number of thioether (sulfide) groups is 1. The highest BCUT2D eigenvalue weighted by Crippen LogP contribution is 2.36. The summed E-state index contributed by atoms with van der Waals surface area (Å²) in [5.74, 6) is 0. The first kappa shape index (κ1) is 8.86. The van der Waals surface area contributed by atoms with Crippen molar-refractivity contribution in [2.45, 2.75) is 10.9 Å². The standard InChI is InChI=1S/C13H11NS/c1-2-7-13-11(5-1)12-6-3-4-8-14(12)9-10-15-13/h1-10,12H. The number of hydrogen-bond acceptors (Lipinski definition) is 2. The number of rotatable bonds is 0. The summed E-state index contributed by atoms with van der Waals surface area (Å²) in [5, 5.41) is 2.14. The average molecular weight is 213 g/mol. The van der Waals surface area contributed by atoms with Gasteiger partial charge < -0.3 is 4.90 Å². The van der Waals surface area contributed by atoms with E-state index in [1.54, 1.807) is 11.8 Å². The molecule has 74 valence electrons. The van der Waals surface area contributed by atoms with E-state index in [1.807, 2.05) is 0 Å². The van der Waals surface area contributed by atoms with Crippen molar-refractivity contribution in [1.29, 1.82) is 0 Å². The zero-order chi connectivity index (χ0) is 10.1. The molecule has 3 rings (SSSR count). The van der Waals surface area contributed by atoms with Crippen molar-refractivity contribution in [3.63, 3.8) is 0 Å². The molecule has 2 heterocycles. The fourth-order valence-corrected chi connectivity index (χ4v) is 2.75. The van der Waals surface area contributed by atoms with Crippen LogP contribution in [-0.4, -0.2) is 4.90 Å². The molecular formula is C13H11NS. The maximum Gasteiger partial charge on any atom is 0.0778 e. The maximum atomic E-state index is 2.23. The van der Waals surface area contributed by atoms with Gasteiger partial charge in [0.25, 0.3) is 0 Å². The molecule has 0 aromatic heterocycles. The Balaban J connectivity index is 2.13. The molecule has 0 saturated carbocycles. The molecule has 2 aliphatic heterocycles. The van der Waals surface area contributed by atoms with Gasteiger partial charge in [-0.05, 0) is 23.1 Å². The number of hydrogen-bond donors (Lipinski definition) is 0. The second kappa shape index (κ2) is 3.63. The first-order valence-electron chi connectivity index (χ1n) is 5.00. The van der Waals surface area contributed by atoms with E-state index < -0.39 is 0 Å². The lowest BCUT2D eigenvalue weighted by Crippen LogP contribution is -2.17. The molecule has 2 heteroatoms. The highest BCUT2D eigenvalue weighted by molar-refractivity contribution is 8.02. The van der Waals surface area contributed by atoms with Crippen LogP contribution in [0.15, 0.2) is 65.2 Å². The van der Waals surface area contributed by atoms with E-state index in [0.717, 1.165) is 0 Å². The Kier molecular flexibility index (Phi) is 2.14. The van der Waals surface area contributed by atoms with Crippen LogP contribution in [-0.2, 0) is 0 Å². The van der Waals surface area contributed by atoms with E-state index in [-0.39, 0.29) is 0 Å². The van der Waals surface area contributed by atoms with Crippen molar-refractivity contribution in [3.05, 3.63) is 65.9 Å². The minimum atomic E-state index is 0.359. The summed E-state index contributed by atoms with van der Waals surface area (Å²) < 4.78 is 0. The maximum absolute atomic E-state index is 2.23. The van der Waals surface area contributed by atoms with Gasteiger partial charge in [-0.3, -0.25) is 0 Å². The predicted octanol–water partition coefficient (Wildman–Crippen LogP) is 3.69. The highest BCUT2D eigenvalue weighted by atomic mass is 32.2. The second-order valence-electron chi connectivity index (χ2n) is 3.56. The summed E-state index contributed by atoms with van der Waals surface area (Å²) in [4.78, 5) is 3.58. The zero-order valence-electron chi connectivity index (χ0n) is 8.21. The van der Waals surface area contributed by atoms with Crippen LogP contribution in [0.3, 0.4) is 0 Å². The summed E-state index contributed by atoms with van der Waals surface area (Å²) in [7, 11) is 0. The quantitative estimate of drug-likeness (QED) is 0.646. The van der Waals surface area contributed by atoms with Crippen LogP contribution in [0.4, 0.5) is 0 Å². The van der Waals surface area contributed by atoms with Gasteiger partial charge in [0.2, 0.25) is 0 Å². The van der Waals surface area contributed by atoms with Crippen LogP contribution in [0, 0.1) is 0 Å². The van der Waals surface area contributed by atoms with Gasteiger partial charge in [0.05, 0.1) is 6.04 Å². The Hall–Kier alpha value is -1.41. The van der Waals surface area contributed by atoms with Gasteiger partial charge in [-0.1, -0.05) is 42.1 Å². The van der Waals surface area contributed by atoms with Crippen LogP contribution in [0.1, 0.15) is 11.6 Å². The number of nitrogens with zero attached hydrogens (tertiary/aromatic N) is 1. The third-order valence-electron chi connectivity index (χ3n) is 2.65. The van der Waals surface area contributed by atoms with Crippen molar-refractivity contribution < 1.29 is 0 Å². The van der Waals surface area contributed by atoms with E-state index in [0.29, 0.717) is 6.04 Å². The highest BCUT2D eigenvalue weighted by Gasteiger charge is 2.19. The normalized spacial score (nSPS) is 22.1. The molecule has 0 bridgehead atoms. The number of benzene rings is 1. The molecule has 1 atom stereocenters. The van der Waals surface area contributed by atoms with E-state index >= 15 is 0 Å². The first-order chi connectivity index (χ1) is 7.45. The van der Waals surface area contributed by atoms with E-state index in [9.17, 15) is 0 Å². The largest absolute Gasteiger partial charge is 0.343 e. The molecule has 0 amide bonds. The van der Waals surface area contributed by atoms with Crippen molar-refractivity contribution >= 4 is 11.8 Å². The average Bonchev–Trinajstić information content (AvgIpc) is 2.48. The molecular weight excluding hydrogens is 202 g/mol. The summed E-state index contributed by atoms with van der Waals surface area (Å²) >= 11 is 1.79. The zero-order valence-corrected chi connectivity index (χ0v) is 9.02. The molecule has 2 aliphatic rings. The molecule has 0 saturated heterocycles. The third kappa shape index (κ3) is 1.51. The van der Waals surface area contributed by atoms with Crippen molar-refractivity contribution in [3.8, 4) is 0 Å². The molecule has 0 radical (unpaired) electrons. The minimum Gasteiger partial charge on any atom is -0.343 e. The van der Waals surface area contributed by atoms with Gasteiger partial charge in [0, 0.05) is 17.3 Å². The van der Waals surface area contributed by atoms with Crippen LogP contribution >= 0.6 is 11.8 Å². The molecule has 1 aromatic carbocycles. The monoisotopic (exact) mass is 213 g/mol. The summed E-state index contributed by atoms with van der Waals surface area (Å²) in [6.07, 6.45) is 10.7. The molecule has 1 aromatic rings. The van der Waals surface area contributed by atoms with Crippen molar-refractivity contribution in [2.24, 2.45) is 0 Å². The number of allylic oxidation sites excluding steroid dienone is 2. The topological polar surface area (TPSA) is 3.24 Å². The summed E-state index contributed by atoms with van der Waals surface area (Å²) in [5.41, 5.74) is 1.38. The fourth-order valence-electron chi connectivity index (χ4n) is 1.92. The van der Waals surface area contributed by atoms with Crippen LogP contribution in [0.25, 0.3) is 0 Å². The predicted molar refractivity (Wildman–Crippen MR) is 64.3 cm³/mol. The lowest BCUT2D eigenvalue weighted by molar-refractivity contribution is 0.431. The SMILES string of the molecule is C1=CC2c3ccccc3SC=CN2C=C1. The van der Waals surface area contributed by atoms with Gasteiger partial charge in [-0.2, -0.15) is 0 Å². The smallest absolute Gasteiger partial charge is 0.0778 e. The van der Waals surface area contributed by atoms with Gasteiger partial charge in [-0.25, -0.2) is 0 Å². The molecule has 0 N–H and O–H groups in total. The van der Waals surface area contributed by atoms with Crippen LogP contribution in [0.2, 0.25) is 0 Å². The molecule has 0 spiro atoms. The van der Waals surface area contributed by atoms with E-state index in [1.165, 1.54) is 10.5 Å². The van der Waals surface area contributed by atoms with E-state index in [4.69, 9.17) is 0 Å². The molecule has 1 unspecified atom stereocenters. The second-order valence-corrected chi connectivity index (χ2v) is 4.51. The molecule has 0 aliphatic carbocycles. The van der Waals surface area contributed by atoms with Crippen molar-refractivity contribution in [2.75, 3.05) is 0 Å². The van der Waals surface area contributed by atoms with Crippen LogP contribution < -0.4 is 0 Å². The molecule has 0 fully saturated rings. The fraction of sp³-hybridized carbons (Fsp3) is 0.0769. The van der Waals surface area contributed by atoms with Gasteiger partial charge >= 0.3 is 0 Å². The van der Waals surface area contributed by atoms with E-state index in [2.05, 4.69) is 65.2 Å². The van der Waals surface area contributed by atoms with Crippen molar-refractivity contribution in [1.82, 2.24) is 4.90 Å². The summed E-state index contributed by atoms with van der Waals surface area (Å²) in [6, 6.07) is 8.95. The van der Waals surface area contributed by atoms with Gasteiger partial charge in [0.1, 0.15) is 0 Å². The Morgan fingerprint density at radius 2 is 2.00 bits per heavy atom. The first-order valence-corrected chi connectivity index (χ1v) is 5.88. The Bertz CT molecular complexity index is 459. The van der Waals surface area contributed by atoms with Crippen LogP contribution in [0.5, 0.6) is 0 Å². The summed E-state index contributed by atoms with van der Waals surface area (Å²) in [6.45, 7) is 0. The lowest BCUT2D eigenvalue weighted by atomic mass is 10.0. The minimum absolute atomic E-state index is 0.359. The molecule has 15 heavy (non-hydrogen) atoms. The Morgan fingerprint density at radius 1 is 1.07 bits per heavy atom.